The summed E-state index contributed by atoms with van der Waals surface area (Å²) in [6.07, 6.45) is 0.846. The molecule has 5 heteroatoms. The predicted molar refractivity (Wildman–Crippen MR) is 81.5 cm³/mol. The fraction of sp³-hybridized carbons (Fsp3) is 0.188. The van der Waals surface area contributed by atoms with Gasteiger partial charge in [-0.15, -0.1) is 0 Å². The number of halogens is 1. The molecule has 0 saturated heterocycles. The van der Waals surface area contributed by atoms with E-state index >= 15 is 0 Å². The zero-order valence-corrected chi connectivity index (χ0v) is 12.0. The molecule has 0 aromatic heterocycles. The van der Waals surface area contributed by atoms with Crippen LogP contribution in [-0.2, 0) is 0 Å². The van der Waals surface area contributed by atoms with E-state index in [1.807, 2.05) is 0 Å². The maximum Gasteiger partial charge on any atom is 0.255 e. The van der Waals surface area contributed by atoms with Crippen molar-refractivity contribution >= 4 is 23.2 Å². The van der Waals surface area contributed by atoms with Gasteiger partial charge in [-0.2, -0.15) is 0 Å². The van der Waals surface area contributed by atoms with Crippen LogP contribution in [0.5, 0.6) is 11.5 Å². The van der Waals surface area contributed by atoms with Crippen molar-refractivity contribution in [3.05, 3.63) is 53.1 Å². The van der Waals surface area contributed by atoms with Gasteiger partial charge in [0.05, 0.1) is 13.2 Å². The van der Waals surface area contributed by atoms with Crippen molar-refractivity contribution in [1.82, 2.24) is 0 Å². The molecular formula is C16H14ClNO3. The molecule has 108 valence electrons. The number of anilines is 1. The largest absolute Gasteiger partial charge is 0.490 e. The molecule has 0 radical (unpaired) electrons. The van der Waals surface area contributed by atoms with Gasteiger partial charge in [-0.25, -0.2) is 0 Å². The molecule has 3 rings (SSSR count). The Kier molecular flexibility index (Phi) is 3.97. The highest BCUT2D eigenvalue weighted by Crippen LogP contribution is 2.32. The van der Waals surface area contributed by atoms with Crippen molar-refractivity contribution in [2.45, 2.75) is 6.42 Å². The van der Waals surface area contributed by atoms with Crippen molar-refractivity contribution in [2.24, 2.45) is 0 Å². The lowest BCUT2D eigenvalue weighted by Gasteiger charge is -2.10. The standard InChI is InChI=1S/C16H14ClNO3/c17-12-4-1-3-11(9-12)16(19)18-13-5-6-14-15(10-13)21-8-2-7-20-14/h1,3-6,9-10H,2,7-8H2,(H,18,19). The van der Waals surface area contributed by atoms with Crippen molar-refractivity contribution in [2.75, 3.05) is 18.5 Å². The zero-order valence-electron chi connectivity index (χ0n) is 11.3. The second kappa shape index (κ2) is 6.06. The number of ether oxygens (including phenoxy) is 2. The molecule has 2 aromatic carbocycles. The van der Waals surface area contributed by atoms with E-state index in [9.17, 15) is 4.79 Å². The smallest absolute Gasteiger partial charge is 0.255 e. The number of carbonyl (C=O) groups is 1. The Bertz CT molecular complexity index is 672. The zero-order chi connectivity index (χ0) is 14.7. The van der Waals surface area contributed by atoms with Gasteiger partial charge in [0.15, 0.2) is 11.5 Å². The Morgan fingerprint density at radius 2 is 1.86 bits per heavy atom. The number of hydrogen-bond donors (Lipinski definition) is 1. The number of amides is 1. The van der Waals surface area contributed by atoms with Gasteiger partial charge in [0, 0.05) is 28.8 Å². The molecule has 0 saturated carbocycles. The van der Waals surface area contributed by atoms with Crippen molar-refractivity contribution in [3.8, 4) is 11.5 Å². The minimum Gasteiger partial charge on any atom is -0.490 e. The van der Waals surface area contributed by atoms with E-state index in [0.717, 1.165) is 6.42 Å². The minimum absolute atomic E-state index is 0.216. The van der Waals surface area contributed by atoms with Crippen LogP contribution in [0.2, 0.25) is 5.02 Å². The van der Waals surface area contributed by atoms with Crippen LogP contribution in [0.4, 0.5) is 5.69 Å². The van der Waals surface area contributed by atoms with E-state index < -0.39 is 0 Å². The van der Waals surface area contributed by atoms with Crippen LogP contribution in [0.3, 0.4) is 0 Å². The van der Waals surface area contributed by atoms with Gasteiger partial charge in [0.2, 0.25) is 0 Å². The third-order valence-corrected chi connectivity index (χ3v) is 3.33. The van der Waals surface area contributed by atoms with Gasteiger partial charge in [-0.1, -0.05) is 17.7 Å². The van der Waals surface area contributed by atoms with E-state index in [2.05, 4.69) is 5.32 Å². The molecule has 1 aliphatic rings. The number of carbonyl (C=O) groups excluding carboxylic acids is 1. The first-order chi connectivity index (χ1) is 10.2. The monoisotopic (exact) mass is 303 g/mol. The molecule has 1 N–H and O–H groups in total. The van der Waals surface area contributed by atoms with Crippen LogP contribution in [-0.4, -0.2) is 19.1 Å². The fourth-order valence-electron chi connectivity index (χ4n) is 2.07. The van der Waals surface area contributed by atoms with E-state index in [-0.39, 0.29) is 5.91 Å². The molecule has 0 spiro atoms. The molecule has 1 heterocycles. The van der Waals surface area contributed by atoms with Crippen LogP contribution in [0.15, 0.2) is 42.5 Å². The van der Waals surface area contributed by atoms with Gasteiger partial charge >= 0.3 is 0 Å². The van der Waals surface area contributed by atoms with Gasteiger partial charge in [0.1, 0.15) is 0 Å². The first-order valence-corrected chi connectivity index (χ1v) is 7.07. The summed E-state index contributed by atoms with van der Waals surface area (Å²) in [5.41, 5.74) is 1.17. The van der Waals surface area contributed by atoms with Crippen molar-refractivity contribution in [1.29, 1.82) is 0 Å². The van der Waals surface area contributed by atoms with E-state index in [0.29, 0.717) is 41.0 Å². The summed E-state index contributed by atoms with van der Waals surface area (Å²) in [7, 11) is 0. The first-order valence-electron chi connectivity index (χ1n) is 6.69. The van der Waals surface area contributed by atoms with Crippen molar-refractivity contribution < 1.29 is 14.3 Å². The second-order valence-electron chi connectivity index (χ2n) is 4.68. The number of benzene rings is 2. The Morgan fingerprint density at radius 1 is 1.05 bits per heavy atom. The number of rotatable bonds is 2. The average Bonchev–Trinajstić information content (AvgIpc) is 2.72. The molecule has 0 fully saturated rings. The van der Waals surface area contributed by atoms with Gasteiger partial charge in [-0.05, 0) is 30.3 Å². The third-order valence-electron chi connectivity index (χ3n) is 3.09. The van der Waals surface area contributed by atoms with Crippen LogP contribution in [0.1, 0.15) is 16.8 Å². The summed E-state index contributed by atoms with van der Waals surface area (Å²) in [6.45, 7) is 1.25. The first kappa shape index (κ1) is 13.8. The van der Waals surface area contributed by atoms with Crippen LogP contribution in [0, 0.1) is 0 Å². The maximum absolute atomic E-state index is 12.2. The molecule has 0 bridgehead atoms. The SMILES string of the molecule is O=C(Nc1ccc2c(c1)OCCCO2)c1cccc(Cl)c1. The van der Waals surface area contributed by atoms with E-state index in [1.54, 1.807) is 42.5 Å². The molecule has 1 amide bonds. The van der Waals surface area contributed by atoms with Crippen LogP contribution in [0.25, 0.3) is 0 Å². The summed E-state index contributed by atoms with van der Waals surface area (Å²) in [6, 6.07) is 12.2. The van der Waals surface area contributed by atoms with E-state index in [1.165, 1.54) is 0 Å². The highest BCUT2D eigenvalue weighted by molar-refractivity contribution is 6.31. The molecule has 2 aromatic rings. The topological polar surface area (TPSA) is 47.6 Å². The summed E-state index contributed by atoms with van der Waals surface area (Å²) >= 11 is 5.89. The van der Waals surface area contributed by atoms with Gasteiger partial charge in [-0.3, -0.25) is 4.79 Å². The predicted octanol–water partition coefficient (Wildman–Crippen LogP) is 3.75. The average molecular weight is 304 g/mol. The lowest BCUT2D eigenvalue weighted by Crippen LogP contribution is -2.11. The molecule has 1 aliphatic heterocycles. The minimum atomic E-state index is -0.216. The number of fused-ring (bicyclic) bond motifs is 1. The van der Waals surface area contributed by atoms with Crippen LogP contribution < -0.4 is 14.8 Å². The molecular weight excluding hydrogens is 290 g/mol. The lowest BCUT2D eigenvalue weighted by molar-refractivity contribution is 0.102. The fourth-order valence-corrected chi connectivity index (χ4v) is 2.26. The molecule has 0 aliphatic carbocycles. The lowest BCUT2D eigenvalue weighted by atomic mass is 10.2. The number of nitrogens with one attached hydrogen (secondary N) is 1. The van der Waals surface area contributed by atoms with E-state index in [4.69, 9.17) is 21.1 Å². The highest BCUT2D eigenvalue weighted by atomic mass is 35.5. The number of hydrogen-bond acceptors (Lipinski definition) is 3. The second-order valence-corrected chi connectivity index (χ2v) is 5.11. The molecule has 0 unspecified atom stereocenters. The third kappa shape index (κ3) is 3.28. The van der Waals surface area contributed by atoms with Gasteiger partial charge < -0.3 is 14.8 Å². The van der Waals surface area contributed by atoms with Crippen LogP contribution >= 0.6 is 11.6 Å². The molecule has 4 nitrogen and oxygen atoms in total. The Hall–Kier alpha value is -2.20. The summed E-state index contributed by atoms with van der Waals surface area (Å²) in [5, 5.41) is 3.35. The Balaban J connectivity index is 1.79. The highest BCUT2D eigenvalue weighted by Gasteiger charge is 2.12. The summed E-state index contributed by atoms with van der Waals surface area (Å²) in [5.74, 6) is 1.14. The summed E-state index contributed by atoms with van der Waals surface area (Å²) in [4.78, 5) is 12.2. The molecule has 21 heavy (non-hydrogen) atoms. The van der Waals surface area contributed by atoms with Crippen molar-refractivity contribution in [3.63, 3.8) is 0 Å². The van der Waals surface area contributed by atoms with Gasteiger partial charge in [0.25, 0.3) is 5.91 Å². The Labute approximate surface area is 127 Å². The maximum atomic E-state index is 12.2. The molecule has 0 atom stereocenters. The normalized spacial score (nSPS) is 13.4. The Morgan fingerprint density at radius 3 is 2.67 bits per heavy atom. The quantitative estimate of drug-likeness (QED) is 0.919. The summed E-state index contributed by atoms with van der Waals surface area (Å²) < 4.78 is 11.2.